The Hall–Kier alpha value is -2.25. The van der Waals surface area contributed by atoms with Crippen LogP contribution in [0.25, 0.3) is 11.3 Å². The highest BCUT2D eigenvalue weighted by molar-refractivity contribution is 6.32. The Morgan fingerprint density at radius 2 is 2.11 bits per heavy atom. The molecule has 90 valence electrons. The predicted octanol–water partition coefficient (Wildman–Crippen LogP) is 2.86. The van der Waals surface area contributed by atoms with Crippen LogP contribution < -0.4 is 10.5 Å². The molecule has 0 amide bonds. The first-order valence-corrected chi connectivity index (χ1v) is 5.54. The molecule has 0 spiro atoms. The van der Waals surface area contributed by atoms with E-state index in [0.717, 1.165) is 5.56 Å². The Morgan fingerprint density at radius 3 is 2.67 bits per heavy atom. The van der Waals surface area contributed by atoms with E-state index in [2.05, 4.69) is 4.98 Å². The number of aromatic nitrogens is 1. The number of methoxy groups -OCH3 is 1. The summed E-state index contributed by atoms with van der Waals surface area (Å²) >= 11 is 6.04. The van der Waals surface area contributed by atoms with Crippen molar-refractivity contribution in [2.45, 2.75) is 0 Å². The van der Waals surface area contributed by atoms with Crippen molar-refractivity contribution in [3.8, 4) is 23.1 Å². The third kappa shape index (κ3) is 2.22. The van der Waals surface area contributed by atoms with Gasteiger partial charge in [0.25, 0.3) is 0 Å². The molecule has 4 nitrogen and oxygen atoms in total. The van der Waals surface area contributed by atoms with Gasteiger partial charge in [-0.15, -0.1) is 0 Å². The van der Waals surface area contributed by atoms with Crippen LogP contribution in [0.2, 0.25) is 5.02 Å². The minimum absolute atomic E-state index is 0.210. The van der Waals surface area contributed by atoms with Crippen molar-refractivity contribution >= 4 is 17.4 Å². The smallest absolute Gasteiger partial charge is 0.142 e. The standard InChI is InChI=1S/C13H10ClN3O/c1-18-12-5-3-8(6-10(12)14)11-4-2-9(7-15)13(16)17-11/h2-6H,1H3,(H2,16,17). The third-order valence-electron chi connectivity index (χ3n) is 2.49. The maximum Gasteiger partial charge on any atom is 0.142 e. The summed E-state index contributed by atoms with van der Waals surface area (Å²) in [4.78, 5) is 4.17. The molecule has 1 aromatic carbocycles. The Labute approximate surface area is 110 Å². The number of hydrogen-bond acceptors (Lipinski definition) is 4. The number of benzene rings is 1. The number of halogens is 1. The van der Waals surface area contributed by atoms with Crippen LogP contribution in [-0.4, -0.2) is 12.1 Å². The number of nitrogen functional groups attached to an aromatic ring is 1. The van der Waals surface area contributed by atoms with Crippen LogP contribution in [0.15, 0.2) is 30.3 Å². The van der Waals surface area contributed by atoms with Crippen molar-refractivity contribution < 1.29 is 4.74 Å². The zero-order valence-corrected chi connectivity index (χ0v) is 10.4. The Kier molecular flexibility index (Phi) is 3.35. The van der Waals surface area contributed by atoms with Crippen molar-refractivity contribution in [3.05, 3.63) is 40.9 Å². The molecular formula is C13H10ClN3O. The number of rotatable bonds is 2. The van der Waals surface area contributed by atoms with Gasteiger partial charge in [-0.2, -0.15) is 5.26 Å². The summed E-state index contributed by atoms with van der Waals surface area (Å²) in [6, 6.07) is 10.7. The van der Waals surface area contributed by atoms with Crippen molar-refractivity contribution in [1.29, 1.82) is 5.26 Å². The minimum atomic E-state index is 0.210. The van der Waals surface area contributed by atoms with Gasteiger partial charge in [-0.1, -0.05) is 11.6 Å². The fraction of sp³-hybridized carbons (Fsp3) is 0.0769. The molecule has 0 aliphatic carbocycles. The van der Waals surface area contributed by atoms with Gasteiger partial charge in [-0.25, -0.2) is 4.98 Å². The lowest BCUT2D eigenvalue weighted by Crippen LogP contribution is -1.96. The van der Waals surface area contributed by atoms with E-state index in [4.69, 9.17) is 27.3 Å². The Bertz CT molecular complexity index is 635. The highest BCUT2D eigenvalue weighted by Crippen LogP contribution is 2.29. The normalized spacial score (nSPS) is 9.83. The van der Waals surface area contributed by atoms with E-state index in [9.17, 15) is 0 Å². The molecule has 18 heavy (non-hydrogen) atoms. The lowest BCUT2D eigenvalue weighted by atomic mass is 10.1. The zero-order chi connectivity index (χ0) is 13.1. The molecule has 1 heterocycles. The molecule has 0 atom stereocenters. The van der Waals surface area contributed by atoms with E-state index >= 15 is 0 Å². The summed E-state index contributed by atoms with van der Waals surface area (Å²) in [5, 5.41) is 9.28. The van der Waals surface area contributed by atoms with Gasteiger partial charge in [0.1, 0.15) is 17.6 Å². The van der Waals surface area contributed by atoms with Crippen molar-refractivity contribution in [2.75, 3.05) is 12.8 Å². The number of ether oxygens (including phenoxy) is 1. The van der Waals surface area contributed by atoms with Crippen LogP contribution >= 0.6 is 11.6 Å². The number of nitrogens with two attached hydrogens (primary N) is 1. The summed E-state index contributed by atoms with van der Waals surface area (Å²) in [6.45, 7) is 0. The summed E-state index contributed by atoms with van der Waals surface area (Å²) in [6.07, 6.45) is 0. The molecule has 2 aromatic rings. The highest BCUT2D eigenvalue weighted by atomic mass is 35.5. The van der Waals surface area contributed by atoms with Gasteiger partial charge in [-0.05, 0) is 30.3 Å². The summed E-state index contributed by atoms with van der Waals surface area (Å²) in [5.74, 6) is 0.809. The maximum absolute atomic E-state index is 8.78. The van der Waals surface area contributed by atoms with E-state index in [1.807, 2.05) is 12.1 Å². The average Bonchev–Trinajstić information content (AvgIpc) is 2.38. The number of pyridine rings is 1. The molecule has 0 aliphatic rings. The lowest BCUT2D eigenvalue weighted by molar-refractivity contribution is 0.415. The van der Waals surface area contributed by atoms with E-state index in [1.165, 1.54) is 0 Å². The van der Waals surface area contributed by atoms with Crippen LogP contribution in [-0.2, 0) is 0 Å². The molecule has 0 bridgehead atoms. The first-order chi connectivity index (χ1) is 8.65. The Balaban J connectivity index is 2.46. The SMILES string of the molecule is COc1ccc(-c2ccc(C#N)c(N)n2)cc1Cl. The van der Waals surface area contributed by atoms with Crippen LogP contribution in [0.1, 0.15) is 5.56 Å². The minimum Gasteiger partial charge on any atom is -0.495 e. The quantitative estimate of drug-likeness (QED) is 0.900. The van der Waals surface area contributed by atoms with E-state index < -0.39 is 0 Å². The topological polar surface area (TPSA) is 71.9 Å². The van der Waals surface area contributed by atoms with Gasteiger partial charge < -0.3 is 10.5 Å². The zero-order valence-electron chi connectivity index (χ0n) is 9.64. The van der Waals surface area contributed by atoms with Crippen LogP contribution in [0.3, 0.4) is 0 Å². The van der Waals surface area contributed by atoms with Gasteiger partial charge in [0.2, 0.25) is 0 Å². The van der Waals surface area contributed by atoms with E-state index in [1.54, 1.807) is 31.4 Å². The van der Waals surface area contributed by atoms with Crippen LogP contribution in [0.5, 0.6) is 5.75 Å². The summed E-state index contributed by atoms with van der Waals surface area (Å²) < 4.78 is 5.08. The first-order valence-electron chi connectivity index (χ1n) is 5.16. The molecule has 0 fully saturated rings. The molecule has 0 saturated carbocycles. The fourth-order valence-electron chi connectivity index (χ4n) is 1.56. The monoisotopic (exact) mass is 259 g/mol. The van der Waals surface area contributed by atoms with Crippen LogP contribution in [0, 0.1) is 11.3 Å². The maximum atomic E-state index is 8.78. The number of anilines is 1. The van der Waals surface area contributed by atoms with Gasteiger partial charge in [0, 0.05) is 5.56 Å². The predicted molar refractivity (Wildman–Crippen MR) is 70.4 cm³/mol. The van der Waals surface area contributed by atoms with Gasteiger partial charge in [-0.3, -0.25) is 0 Å². The molecule has 1 aromatic heterocycles. The molecule has 2 N–H and O–H groups in total. The van der Waals surface area contributed by atoms with Crippen molar-refractivity contribution in [1.82, 2.24) is 4.98 Å². The van der Waals surface area contributed by atoms with Gasteiger partial charge >= 0.3 is 0 Å². The Morgan fingerprint density at radius 1 is 1.33 bits per heavy atom. The second kappa shape index (κ2) is 4.94. The van der Waals surface area contributed by atoms with E-state index in [0.29, 0.717) is 22.0 Å². The lowest BCUT2D eigenvalue weighted by Gasteiger charge is -2.06. The second-order valence-electron chi connectivity index (χ2n) is 3.59. The second-order valence-corrected chi connectivity index (χ2v) is 4.00. The molecule has 5 heteroatoms. The molecule has 2 rings (SSSR count). The van der Waals surface area contributed by atoms with Crippen molar-refractivity contribution in [2.24, 2.45) is 0 Å². The summed E-state index contributed by atoms with van der Waals surface area (Å²) in [7, 11) is 1.55. The van der Waals surface area contributed by atoms with Crippen molar-refractivity contribution in [3.63, 3.8) is 0 Å². The number of hydrogen-bond donors (Lipinski definition) is 1. The number of nitrogens with zero attached hydrogens (tertiary/aromatic N) is 2. The average molecular weight is 260 g/mol. The van der Waals surface area contributed by atoms with E-state index in [-0.39, 0.29) is 5.82 Å². The molecule has 0 saturated heterocycles. The molecule has 0 unspecified atom stereocenters. The molecule has 0 aliphatic heterocycles. The van der Waals surface area contributed by atoms with Crippen LogP contribution in [0.4, 0.5) is 5.82 Å². The highest BCUT2D eigenvalue weighted by Gasteiger charge is 2.07. The largest absolute Gasteiger partial charge is 0.495 e. The van der Waals surface area contributed by atoms with Gasteiger partial charge in [0.15, 0.2) is 0 Å². The number of nitriles is 1. The first kappa shape index (κ1) is 12.2. The fourth-order valence-corrected chi connectivity index (χ4v) is 1.81. The molecular weight excluding hydrogens is 250 g/mol. The van der Waals surface area contributed by atoms with Gasteiger partial charge in [0.05, 0.1) is 23.4 Å². The third-order valence-corrected chi connectivity index (χ3v) is 2.79. The molecule has 0 radical (unpaired) electrons. The summed E-state index contributed by atoms with van der Waals surface area (Å²) in [5.41, 5.74) is 7.51.